The molecule has 1 heterocycles. The van der Waals surface area contributed by atoms with Gasteiger partial charge in [0.2, 0.25) is 0 Å². The second-order valence-electron chi connectivity index (χ2n) is 3.89. The number of hydrogen-bond acceptors (Lipinski definition) is 1. The Labute approximate surface area is 88.8 Å². The fraction of sp³-hybridized carbons (Fsp3) is 0.417. The molecule has 0 aliphatic rings. The van der Waals surface area contributed by atoms with E-state index in [-0.39, 0.29) is 11.6 Å². The summed E-state index contributed by atoms with van der Waals surface area (Å²) in [5, 5.41) is 0. The molecule has 0 saturated carbocycles. The van der Waals surface area contributed by atoms with Gasteiger partial charge in [0, 0.05) is 6.20 Å². The Hall–Kier alpha value is -1.25. The maximum Gasteiger partial charge on any atom is 0.280 e. The predicted molar refractivity (Wildman–Crippen MR) is 58.0 cm³/mol. The number of halogens is 2. The van der Waals surface area contributed by atoms with Crippen LogP contribution < -0.4 is 0 Å². The SMILES string of the molecule is C=C(C)c1ccnc(C(F)F)c1C(C)C. The Bertz CT molecular complexity index is 370. The van der Waals surface area contributed by atoms with Gasteiger partial charge in [-0.15, -0.1) is 0 Å². The molecular formula is C12H15F2N. The van der Waals surface area contributed by atoms with Crippen LogP contribution in [0.3, 0.4) is 0 Å². The highest BCUT2D eigenvalue weighted by molar-refractivity contribution is 5.65. The van der Waals surface area contributed by atoms with Gasteiger partial charge in [-0.2, -0.15) is 0 Å². The van der Waals surface area contributed by atoms with Crippen molar-refractivity contribution in [3.63, 3.8) is 0 Å². The lowest BCUT2D eigenvalue weighted by atomic mass is 9.92. The minimum atomic E-state index is -2.53. The summed E-state index contributed by atoms with van der Waals surface area (Å²) in [7, 11) is 0. The van der Waals surface area contributed by atoms with Gasteiger partial charge in [0.05, 0.1) is 0 Å². The van der Waals surface area contributed by atoms with Crippen molar-refractivity contribution >= 4 is 5.57 Å². The molecule has 0 bridgehead atoms. The molecule has 0 spiro atoms. The first kappa shape index (κ1) is 11.8. The van der Waals surface area contributed by atoms with Crippen LogP contribution in [0.2, 0.25) is 0 Å². The van der Waals surface area contributed by atoms with Crippen LogP contribution >= 0.6 is 0 Å². The summed E-state index contributed by atoms with van der Waals surface area (Å²) in [6, 6.07) is 1.74. The number of allylic oxidation sites excluding steroid dienone is 1. The molecule has 0 amide bonds. The summed E-state index contributed by atoms with van der Waals surface area (Å²) in [6.07, 6.45) is -1.11. The zero-order valence-corrected chi connectivity index (χ0v) is 9.22. The summed E-state index contributed by atoms with van der Waals surface area (Å²) in [4.78, 5) is 3.75. The van der Waals surface area contributed by atoms with Gasteiger partial charge < -0.3 is 0 Å². The molecule has 1 nitrogen and oxygen atoms in total. The monoisotopic (exact) mass is 211 g/mol. The highest BCUT2D eigenvalue weighted by Gasteiger charge is 2.19. The second-order valence-corrected chi connectivity index (χ2v) is 3.89. The van der Waals surface area contributed by atoms with Crippen molar-refractivity contribution in [2.75, 3.05) is 0 Å². The van der Waals surface area contributed by atoms with Crippen molar-refractivity contribution in [2.24, 2.45) is 0 Å². The molecule has 0 fully saturated rings. The smallest absolute Gasteiger partial charge is 0.255 e. The number of aromatic nitrogens is 1. The van der Waals surface area contributed by atoms with Crippen LogP contribution in [0.1, 0.15) is 49.9 Å². The van der Waals surface area contributed by atoms with Crippen molar-refractivity contribution < 1.29 is 8.78 Å². The first-order chi connectivity index (χ1) is 6.95. The lowest BCUT2D eigenvalue weighted by molar-refractivity contribution is 0.144. The number of alkyl halides is 2. The first-order valence-electron chi connectivity index (χ1n) is 4.88. The van der Waals surface area contributed by atoms with Gasteiger partial charge in [0.15, 0.2) is 0 Å². The van der Waals surface area contributed by atoms with Crippen molar-refractivity contribution in [1.29, 1.82) is 0 Å². The fourth-order valence-corrected chi connectivity index (χ4v) is 1.64. The van der Waals surface area contributed by atoms with Crippen LogP contribution in [0.15, 0.2) is 18.8 Å². The van der Waals surface area contributed by atoms with Crippen molar-refractivity contribution in [3.8, 4) is 0 Å². The number of hydrogen-bond donors (Lipinski definition) is 0. The second kappa shape index (κ2) is 4.51. The molecule has 15 heavy (non-hydrogen) atoms. The quantitative estimate of drug-likeness (QED) is 0.731. The van der Waals surface area contributed by atoms with E-state index < -0.39 is 6.43 Å². The van der Waals surface area contributed by atoms with Crippen molar-refractivity contribution in [1.82, 2.24) is 4.98 Å². The van der Waals surface area contributed by atoms with E-state index in [0.717, 1.165) is 11.1 Å². The first-order valence-corrected chi connectivity index (χ1v) is 4.88. The topological polar surface area (TPSA) is 12.9 Å². The van der Waals surface area contributed by atoms with E-state index in [9.17, 15) is 8.78 Å². The third-order valence-electron chi connectivity index (χ3n) is 2.26. The van der Waals surface area contributed by atoms with Crippen LogP contribution in [0, 0.1) is 0 Å². The Kier molecular flexibility index (Phi) is 3.56. The molecular weight excluding hydrogens is 196 g/mol. The van der Waals surface area contributed by atoms with E-state index in [2.05, 4.69) is 11.6 Å². The maximum atomic E-state index is 12.7. The highest BCUT2D eigenvalue weighted by Crippen LogP contribution is 2.31. The number of nitrogens with zero attached hydrogens (tertiary/aromatic N) is 1. The molecule has 1 aromatic heterocycles. The molecule has 0 aliphatic carbocycles. The minimum absolute atomic E-state index is 0.0226. The third kappa shape index (κ3) is 2.41. The van der Waals surface area contributed by atoms with Crippen molar-refractivity contribution in [2.45, 2.75) is 33.1 Å². The van der Waals surface area contributed by atoms with Crippen LogP contribution in [0.4, 0.5) is 8.78 Å². The van der Waals surface area contributed by atoms with Crippen molar-refractivity contribution in [3.05, 3.63) is 35.7 Å². The summed E-state index contributed by atoms with van der Waals surface area (Å²) in [6.45, 7) is 9.38. The van der Waals surface area contributed by atoms with Crippen LogP contribution in [-0.4, -0.2) is 4.98 Å². The summed E-state index contributed by atoms with van der Waals surface area (Å²) < 4.78 is 25.5. The molecule has 82 valence electrons. The summed E-state index contributed by atoms with van der Waals surface area (Å²) in [5.41, 5.74) is 2.07. The Morgan fingerprint density at radius 2 is 2.00 bits per heavy atom. The highest BCUT2D eigenvalue weighted by atomic mass is 19.3. The van der Waals surface area contributed by atoms with Gasteiger partial charge in [-0.25, -0.2) is 8.78 Å². The van der Waals surface area contributed by atoms with E-state index >= 15 is 0 Å². The van der Waals surface area contributed by atoms with E-state index in [1.165, 1.54) is 6.20 Å². The zero-order valence-electron chi connectivity index (χ0n) is 9.22. The zero-order chi connectivity index (χ0) is 11.6. The van der Waals surface area contributed by atoms with Crippen LogP contribution in [0.5, 0.6) is 0 Å². The van der Waals surface area contributed by atoms with Gasteiger partial charge in [-0.05, 0) is 30.0 Å². The molecule has 0 saturated heterocycles. The normalized spacial score (nSPS) is 11.1. The molecule has 0 unspecified atom stereocenters. The molecule has 0 radical (unpaired) electrons. The van der Waals surface area contributed by atoms with Crippen LogP contribution in [-0.2, 0) is 0 Å². The fourth-order valence-electron chi connectivity index (χ4n) is 1.64. The summed E-state index contributed by atoms with van der Waals surface area (Å²) in [5.74, 6) is 0.0226. The predicted octanol–water partition coefficient (Wildman–Crippen LogP) is 4.18. The van der Waals surface area contributed by atoms with Gasteiger partial charge in [-0.1, -0.05) is 26.0 Å². The molecule has 1 aromatic rings. The average Bonchev–Trinajstić information content (AvgIpc) is 2.16. The molecule has 0 aromatic carbocycles. The Morgan fingerprint density at radius 3 is 2.40 bits per heavy atom. The van der Waals surface area contributed by atoms with Gasteiger partial charge in [0.25, 0.3) is 6.43 Å². The van der Waals surface area contributed by atoms with E-state index in [0.29, 0.717) is 5.56 Å². The number of pyridine rings is 1. The van der Waals surface area contributed by atoms with Gasteiger partial charge in [0.1, 0.15) is 5.69 Å². The third-order valence-corrected chi connectivity index (χ3v) is 2.26. The van der Waals surface area contributed by atoms with Gasteiger partial charge >= 0.3 is 0 Å². The number of rotatable bonds is 3. The Balaban J connectivity index is 3.42. The van der Waals surface area contributed by atoms with E-state index in [1.807, 2.05) is 20.8 Å². The lowest BCUT2D eigenvalue weighted by Crippen LogP contribution is -2.04. The molecule has 0 atom stereocenters. The molecule has 3 heteroatoms. The average molecular weight is 211 g/mol. The van der Waals surface area contributed by atoms with Gasteiger partial charge in [-0.3, -0.25) is 4.98 Å². The largest absolute Gasteiger partial charge is 0.280 e. The van der Waals surface area contributed by atoms with Crippen LogP contribution in [0.25, 0.3) is 5.57 Å². The summed E-state index contributed by atoms with van der Waals surface area (Å²) >= 11 is 0. The Morgan fingerprint density at radius 1 is 1.40 bits per heavy atom. The molecule has 1 rings (SSSR count). The van der Waals surface area contributed by atoms with E-state index in [1.54, 1.807) is 6.07 Å². The standard InChI is InChI=1S/C12H15F2N/c1-7(2)9-5-6-15-11(12(13)14)10(9)8(3)4/h5-6,8,12H,1H2,2-4H3. The molecule has 0 aliphatic heterocycles. The maximum absolute atomic E-state index is 12.7. The molecule has 0 N–H and O–H groups in total. The minimum Gasteiger partial charge on any atom is -0.255 e. The van der Waals surface area contributed by atoms with E-state index in [4.69, 9.17) is 0 Å². The lowest BCUT2D eigenvalue weighted by Gasteiger charge is -2.16.